The standard InChI is InChI=1S/C15H23NO/c1-12(10-16-2)14-8-6-13(7-9-14)11-17-15-4-3-5-15/h6-9,12,15-16H,3-5,10-11H2,1-2H3. The highest BCUT2D eigenvalue weighted by Gasteiger charge is 2.17. The van der Waals surface area contributed by atoms with E-state index >= 15 is 0 Å². The van der Waals surface area contributed by atoms with Crippen LogP contribution in [0.4, 0.5) is 0 Å². The Balaban J connectivity index is 1.83. The molecule has 0 amide bonds. The third-order valence-electron chi connectivity index (χ3n) is 3.60. The molecule has 1 atom stereocenters. The third kappa shape index (κ3) is 3.55. The average Bonchev–Trinajstić information content (AvgIpc) is 2.28. The van der Waals surface area contributed by atoms with Crippen LogP contribution in [0.5, 0.6) is 0 Å². The average molecular weight is 233 g/mol. The highest BCUT2D eigenvalue weighted by Crippen LogP contribution is 2.23. The maximum Gasteiger partial charge on any atom is 0.0720 e. The van der Waals surface area contributed by atoms with Crippen molar-refractivity contribution in [1.82, 2.24) is 5.32 Å². The molecule has 17 heavy (non-hydrogen) atoms. The highest BCUT2D eigenvalue weighted by molar-refractivity contribution is 5.24. The van der Waals surface area contributed by atoms with Crippen LogP contribution in [-0.4, -0.2) is 19.7 Å². The summed E-state index contributed by atoms with van der Waals surface area (Å²) in [5, 5.41) is 3.21. The Hall–Kier alpha value is -0.860. The van der Waals surface area contributed by atoms with Gasteiger partial charge in [-0.15, -0.1) is 0 Å². The van der Waals surface area contributed by atoms with Gasteiger partial charge in [0.15, 0.2) is 0 Å². The molecule has 1 fully saturated rings. The molecule has 2 rings (SSSR count). The third-order valence-corrected chi connectivity index (χ3v) is 3.60. The van der Waals surface area contributed by atoms with Crippen LogP contribution in [0.2, 0.25) is 0 Å². The molecule has 1 unspecified atom stereocenters. The van der Waals surface area contributed by atoms with E-state index in [0.717, 1.165) is 13.2 Å². The van der Waals surface area contributed by atoms with Crippen molar-refractivity contribution in [2.45, 2.75) is 44.8 Å². The Kier molecular flexibility index (Phi) is 4.57. The van der Waals surface area contributed by atoms with Crippen LogP contribution in [0.3, 0.4) is 0 Å². The van der Waals surface area contributed by atoms with E-state index in [1.807, 2.05) is 7.05 Å². The summed E-state index contributed by atoms with van der Waals surface area (Å²) < 4.78 is 5.80. The van der Waals surface area contributed by atoms with Crippen LogP contribution in [0, 0.1) is 0 Å². The maximum atomic E-state index is 5.80. The molecule has 0 aromatic heterocycles. The zero-order valence-electron chi connectivity index (χ0n) is 10.9. The minimum absolute atomic E-state index is 0.526. The van der Waals surface area contributed by atoms with Crippen LogP contribution in [0.1, 0.15) is 43.2 Å². The lowest BCUT2D eigenvalue weighted by Gasteiger charge is -2.25. The summed E-state index contributed by atoms with van der Waals surface area (Å²) in [6.07, 6.45) is 4.36. The summed E-state index contributed by atoms with van der Waals surface area (Å²) in [4.78, 5) is 0. The summed E-state index contributed by atoms with van der Waals surface area (Å²) >= 11 is 0. The lowest BCUT2D eigenvalue weighted by molar-refractivity contribution is -0.00866. The normalized spacial score (nSPS) is 17.8. The quantitative estimate of drug-likeness (QED) is 0.815. The smallest absolute Gasteiger partial charge is 0.0720 e. The van der Waals surface area contributed by atoms with Crippen LogP contribution in [0.25, 0.3) is 0 Å². The Morgan fingerprint density at radius 1 is 1.29 bits per heavy atom. The summed E-state index contributed by atoms with van der Waals surface area (Å²) in [5.41, 5.74) is 2.68. The van der Waals surface area contributed by atoms with E-state index < -0.39 is 0 Å². The monoisotopic (exact) mass is 233 g/mol. The van der Waals surface area contributed by atoms with Gasteiger partial charge in [-0.1, -0.05) is 31.2 Å². The molecule has 1 aliphatic carbocycles. The van der Waals surface area contributed by atoms with Gasteiger partial charge in [-0.2, -0.15) is 0 Å². The van der Waals surface area contributed by atoms with E-state index in [-0.39, 0.29) is 0 Å². The van der Waals surface area contributed by atoms with Crippen LogP contribution in [0.15, 0.2) is 24.3 Å². The topological polar surface area (TPSA) is 21.3 Å². The summed E-state index contributed by atoms with van der Waals surface area (Å²) in [6, 6.07) is 8.84. The van der Waals surface area contributed by atoms with Crippen molar-refractivity contribution in [2.24, 2.45) is 0 Å². The Bertz CT molecular complexity index is 329. The second-order valence-corrected chi connectivity index (χ2v) is 5.06. The van der Waals surface area contributed by atoms with E-state index in [1.54, 1.807) is 0 Å². The van der Waals surface area contributed by atoms with Crippen LogP contribution < -0.4 is 5.32 Å². The lowest BCUT2D eigenvalue weighted by Crippen LogP contribution is -2.21. The van der Waals surface area contributed by atoms with Gasteiger partial charge < -0.3 is 10.1 Å². The first kappa shape index (κ1) is 12.6. The van der Waals surface area contributed by atoms with Crippen molar-refractivity contribution in [3.63, 3.8) is 0 Å². The molecule has 2 heteroatoms. The molecule has 0 radical (unpaired) electrons. The maximum absolute atomic E-state index is 5.80. The van der Waals surface area contributed by atoms with E-state index in [4.69, 9.17) is 4.74 Å². The van der Waals surface area contributed by atoms with E-state index in [2.05, 4.69) is 36.5 Å². The molecule has 1 aliphatic rings. The number of hydrogen-bond acceptors (Lipinski definition) is 2. The molecular weight excluding hydrogens is 210 g/mol. The van der Waals surface area contributed by atoms with Crippen molar-refractivity contribution in [1.29, 1.82) is 0 Å². The van der Waals surface area contributed by atoms with Crippen molar-refractivity contribution in [3.05, 3.63) is 35.4 Å². The molecule has 1 N–H and O–H groups in total. The number of benzene rings is 1. The molecule has 0 heterocycles. The van der Waals surface area contributed by atoms with Crippen LogP contribution >= 0.6 is 0 Å². The highest BCUT2D eigenvalue weighted by atomic mass is 16.5. The Labute approximate surface area is 104 Å². The summed E-state index contributed by atoms with van der Waals surface area (Å²) in [6.45, 7) is 4.04. The van der Waals surface area contributed by atoms with Crippen molar-refractivity contribution < 1.29 is 4.74 Å². The first-order valence-corrected chi connectivity index (χ1v) is 6.64. The SMILES string of the molecule is CNCC(C)c1ccc(COC2CCC2)cc1. The van der Waals surface area contributed by atoms with Gasteiger partial charge in [0.25, 0.3) is 0 Å². The van der Waals surface area contributed by atoms with Gasteiger partial charge >= 0.3 is 0 Å². The van der Waals surface area contributed by atoms with E-state index in [0.29, 0.717) is 12.0 Å². The van der Waals surface area contributed by atoms with E-state index in [1.165, 1.54) is 30.4 Å². The molecule has 1 saturated carbocycles. The molecule has 0 aliphatic heterocycles. The molecule has 0 spiro atoms. The predicted octanol–water partition coefficient (Wildman–Crippen LogP) is 3.08. The number of nitrogens with one attached hydrogen (secondary N) is 1. The fraction of sp³-hybridized carbons (Fsp3) is 0.600. The fourth-order valence-electron chi connectivity index (χ4n) is 2.12. The lowest BCUT2D eigenvalue weighted by atomic mass is 9.96. The Morgan fingerprint density at radius 3 is 2.53 bits per heavy atom. The van der Waals surface area contributed by atoms with Crippen molar-refractivity contribution in [3.8, 4) is 0 Å². The molecule has 94 valence electrons. The van der Waals surface area contributed by atoms with Crippen molar-refractivity contribution in [2.75, 3.05) is 13.6 Å². The molecule has 0 saturated heterocycles. The van der Waals surface area contributed by atoms with Gasteiger partial charge in [0.2, 0.25) is 0 Å². The van der Waals surface area contributed by atoms with Crippen molar-refractivity contribution >= 4 is 0 Å². The van der Waals surface area contributed by atoms with Gasteiger partial charge in [0.1, 0.15) is 0 Å². The van der Waals surface area contributed by atoms with Crippen LogP contribution in [-0.2, 0) is 11.3 Å². The second-order valence-electron chi connectivity index (χ2n) is 5.06. The second kappa shape index (κ2) is 6.18. The number of likely N-dealkylation sites (N-methyl/N-ethyl adjacent to an activating group) is 1. The molecule has 0 bridgehead atoms. The zero-order chi connectivity index (χ0) is 12.1. The minimum Gasteiger partial charge on any atom is -0.374 e. The number of hydrogen-bond donors (Lipinski definition) is 1. The predicted molar refractivity (Wildman–Crippen MR) is 71.2 cm³/mol. The largest absolute Gasteiger partial charge is 0.374 e. The first-order chi connectivity index (χ1) is 8.29. The molecular formula is C15H23NO. The van der Waals surface area contributed by atoms with Gasteiger partial charge in [0.05, 0.1) is 12.7 Å². The minimum atomic E-state index is 0.526. The number of rotatable bonds is 6. The van der Waals surface area contributed by atoms with Gasteiger partial charge in [-0.3, -0.25) is 0 Å². The van der Waals surface area contributed by atoms with Gasteiger partial charge in [-0.25, -0.2) is 0 Å². The molecule has 2 nitrogen and oxygen atoms in total. The summed E-state index contributed by atoms with van der Waals surface area (Å²) in [7, 11) is 2.00. The molecule has 1 aromatic carbocycles. The fourth-order valence-corrected chi connectivity index (χ4v) is 2.12. The number of ether oxygens (including phenoxy) is 1. The first-order valence-electron chi connectivity index (χ1n) is 6.64. The van der Waals surface area contributed by atoms with Gasteiger partial charge in [0, 0.05) is 6.54 Å². The summed E-state index contributed by atoms with van der Waals surface area (Å²) in [5.74, 6) is 0.571. The Morgan fingerprint density at radius 2 is 2.00 bits per heavy atom. The molecule has 1 aromatic rings. The van der Waals surface area contributed by atoms with Gasteiger partial charge in [-0.05, 0) is 43.4 Å². The zero-order valence-corrected chi connectivity index (χ0v) is 10.9. The van der Waals surface area contributed by atoms with E-state index in [9.17, 15) is 0 Å².